The summed E-state index contributed by atoms with van der Waals surface area (Å²) in [5, 5.41) is 0. The Morgan fingerprint density at radius 2 is 1.76 bits per heavy atom. The summed E-state index contributed by atoms with van der Waals surface area (Å²) in [4.78, 5) is 21.4. The van der Waals surface area contributed by atoms with Gasteiger partial charge in [0.2, 0.25) is 0 Å². The van der Waals surface area contributed by atoms with Crippen molar-refractivity contribution in [3.05, 3.63) is 122 Å². The van der Waals surface area contributed by atoms with Crippen molar-refractivity contribution < 1.29 is 8.78 Å². The summed E-state index contributed by atoms with van der Waals surface area (Å²) in [6.45, 7) is 3.59. The number of rotatable bonds is 3. The van der Waals surface area contributed by atoms with Gasteiger partial charge in [-0.3, -0.25) is 9.78 Å². The molecule has 0 amide bonds. The molecule has 0 radical (unpaired) electrons. The van der Waals surface area contributed by atoms with Crippen LogP contribution in [0.4, 0.5) is 8.78 Å². The number of halogens is 2. The van der Waals surface area contributed by atoms with Crippen LogP contribution in [-0.4, -0.2) is 15.4 Å². The maximum Gasteiger partial charge on any atom is 0.253 e. The lowest BCUT2D eigenvalue weighted by molar-refractivity contribution is 0.609. The molecule has 4 aromatic rings. The molecule has 1 aliphatic rings. The molecule has 0 fully saturated rings. The highest BCUT2D eigenvalue weighted by molar-refractivity contribution is 6.03. The Bertz CT molecular complexity index is 1530. The van der Waals surface area contributed by atoms with Gasteiger partial charge in [-0.15, -0.1) is 0 Å². The average Bonchev–Trinajstić information content (AvgIpc) is 3.12. The van der Waals surface area contributed by atoms with Crippen LogP contribution in [-0.2, 0) is 12.6 Å². The molecule has 0 spiro atoms. The molecule has 0 aliphatic carbocycles. The zero-order chi connectivity index (χ0) is 24.2. The fraction of sp³-hybridized carbons (Fsp3) is 0.148. The van der Waals surface area contributed by atoms with Crippen LogP contribution >= 0.6 is 0 Å². The fourth-order valence-corrected chi connectivity index (χ4v) is 4.74. The summed E-state index contributed by atoms with van der Waals surface area (Å²) in [7, 11) is 1.65. The molecule has 0 saturated carbocycles. The number of aliphatic imine (C=N–C) groups is 1. The molecule has 1 atom stereocenters. The Labute approximate surface area is 195 Å². The molecule has 2 aromatic heterocycles. The van der Waals surface area contributed by atoms with Gasteiger partial charge >= 0.3 is 0 Å². The van der Waals surface area contributed by atoms with Gasteiger partial charge in [0.15, 0.2) is 0 Å². The number of nitrogens with zero attached hydrogens (tertiary/aromatic N) is 3. The number of hydrogen-bond acceptors (Lipinski definition) is 4. The zero-order valence-electron chi connectivity index (χ0n) is 18.9. The second-order valence-electron chi connectivity index (χ2n) is 8.64. The van der Waals surface area contributed by atoms with E-state index >= 15 is 4.39 Å². The van der Waals surface area contributed by atoms with Gasteiger partial charge in [-0.2, -0.15) is 0 Å². The Hall–Kier alpha value is -4.13. The first-order valence-corrected chi connectivity index (χ1v) is 10.8. The normalized spacial score (nSPS) is 16.9. The average molecular weight is 456 g/mol. The fourth-order valence-electron chi connectivity index (χ4n) is 4.74. The van der Waals surface area contributed by atoms with Crippen LogP contribution in [0, 0.1) is 25.5 Å². The van der Waals surface area contributed by atoms with E-state index in [-0.39, 0.29) is 17.0 Å². The minimum atomic E-state index is -1.27. The Morgan fingerprint density at radius 3 is 2.50 bits per heavy atom. The summed E-state index contributed by atoms with van der Waals surface area (Å²) < 4.78 is 31.4. The predicted octanol–water partition coefficient (Wildman–Crippen LogP) is 4.35. The monoisotopic (exact) mass is 456 g/mol. The van der Waals surface area contributed by atoms with E-state index in [1.165, 1.54) is 16.7 Å². The molecule has 34 heavy (non-hydrogen) atoms. The maximum absolute atomic E-state index is 15.0. The lowest BCUT2D eigenvalue weighted by atomic mass is 9.77. The summed E-state index contributed by atoms with van der Waals surface area (Å²) in [5.41, 5.74) is 9.14. The Balaban J connectivity index is 1.87. The molecule has 0 saturated heterocycles. The Morgan fingerprint density at radius 1 is 0.971 bits per heavy atom. The van der Waals surface area contributed by atoms with Crippen LogP contribution in [0.3, 0.4) is 0 Å². The second kappa shape index (κ2) is 7.73. The molecule has 3 heterocycles. The van der Waals surface area contributed by atoms with Crippen molar-refractivity contribution in [2.75, 3.05) is 0 Å². The summed E-state index contributed by atoms with van der Waals surface area (Å²) in [6, 6.07) is 13.0. The van der Waals surface area contributed by atoms with E-state index in [0.29, 0.717) is 33.4 Å². The quantitative estimate of drug-likeness (QED) is 0.498. The van der Waals surface area contributed by atoms with Crippen LogP contribution in [0.1, 0.15) is 33.4 Å². The standard InChI is InChI=1S/C27H22F2N4O/c1-15-9-17(13-31-12-15)20-11-18(7-8-22(20)28)27(19-10-16(2)26(34)33(3)14-19)21-5-4-6-23(29)24(21)25(30)32-27/h4-14H,1-3H3,(H2,30,32). The van der Waals surface area contributed by atoms with Gasteiger partial charge in [-0.05, 0) is 55.3 Å². The molecule has 5 nitrogen and oxygen atoms in total. The molecular weight excluding hydrogens is 434 g/mol. The SMILES string of the molecule is Cc1cncc(-c2cc(C3(c4cc(C)c(=O)n(C)c4)N=C(N)c4c(F)cccc43)ccc2F)c1. The van der Waals surface area contributed by atoms with E-state index in [4.69, 9.17) is 10.7 Å². The Kier molecular flexibility index (Phi) is 4.93. The van der Waals surface area contributed by atoms with Gasteiger partial charge in [0.25, 0.3) is 5.56 Å². The molecule has 1 unspecified atom stereocenters. The highest BCUT2D eigenvalue weighted by atomic mass is 19.1. The predicted molar refractivity (Wildman–Crippen MR) is 128 cm³/mol. The summed E-state index contributed by atoms with van der Waals surface area (Å²) in [5.74, 6) is -0.868. The van der Waals surface area contributed by atoms with E-state index in [0.717, 1.165) is 5.56 Å². The lowest BCUT2D eigenvalue weighted by Gasteiger charge is -2.30. The molecule has 5 rings (SSSR count). The number of amidine groups is 1. The van der Waals surface area contributed by atoms with Crippen LogP contribution in [0.5, 0.6) is 0 Å². The van der Waals surface area contributed by atoms with Crippen molar-refractivity contribution in [3.63, 3.8) is 0 Å². The van der Waals surface area contributed by atoms with E-state index in [1.807, 2.05) is 13.0 Å². The first kappa shape index (κ1) is 21.7. The number of pyridine rings is 2. The first-order valence-electron chi connectivity index (χ1n) is 10.8. The third-order valence-electron chi connectivity index (χ3n) is 6.30. The highest BCUT2D eigenvalue weighted by Gasteiger charge is 2.45. The second-order valence-corrected chi connectivity index (χ2v) is 8.64. The van der Waals surface area contributed by atoms with Crippen molar-refractivity contribution >= 4 is 5.84 Å². The number of hydrogen-bond donors (Lipinski definition) is 1. The minimum absolute atomic E-state index is 0.0442. The third-order valence-corrected chi connectivity index (χ3v) is 6.30. The van der Waals surface area contributed by atoms with Crippen molar-refractivity contribution in [1.29, 1.82) is 0 Å². The summed E-state index contributed by atoms with van der Waals surface area (Å²) >= 11 is 0. The minimum Gasteiger partial charge on any atom is -0.383 e. The van der Waals surface area contributed by atoms with E-state index in [2.05, 4.69) is 4.98 Å². The zero-order valence-corrected chi connectivity index (χ0v) is 18.9. The number of aryl methyl sites for hydroxylation is 3. The van der Waals surface area contributed by atoms with Gasteiger partial charge in [-0.1, -0.05) is 18.2 Å². The number of benzene rings is 2. The van der Waals surface area contributed by atoms with E-state index in [1.54, 1.807) is 62.9 Å². The third kappa shape index (κ3) is 3.15. The number of aromatic nitrogens is 2. The lowest BCUT2D eigenvalue weighted by Crippen LogP contribution is -2.29. The van der Waals surface area contributed by atoms with Gasteiger partial charge < -0.3 is 10.3 Å². The molecule has 1 aliphatic heterocycles. The van der Waals surface area contributed by atoms with Crippen molar-refractivity contribution in [1.82, 2.24) is 9.55 Å². The molecular formula is C27H22F2N4O. The van der Waals surface area contributed by atoms with Crippen molar-refractivity contribution in [2.45, 2.75) is 19.4 Å². The van der Waals surface area contributed by atoms with Crippen molar-refractivity contribution in [2.24, 2.45) is 17.8 Å². The van der Waals surface area contributed by atoms with Gasteiger partial charge in [0, 0.05) is 53.5 Å². The first-order chi connectivity index (χ1) is 16.2. The van der Waals surface area contributed by atoms with Crippen LogP contribution in [0.25, 0.3) is 11.1 Å². The van der Waals surface area contributed by atoms with Gasteiger partial charge in [0.05, 0.1) is 5.56 Å². The molecule has 2 aromatic carbocycles. The largest absolute Gasteiger partial charge is 0.383 e. The number of fused-ring (bicyclic) bond motifs is 1. The summed E-state index contributed by atoms with van der Waals surface area (Å²) in [6.07, 6.45) is 4.96. The topological polar surface area (TPSA) is 73.3 Å². The molecule has 170 valence electrons. The van der Waals surface area contributed by atoms with Crippen LogP contribution in [0.15, 0.2) is 76.9 Å². The van der Waals surface area contributed by atoms with Gasteiger partial charge in [0.1, 0.15) is 23.0 Å². The number of nitrogens with two attached hydrogens (primary N) is 1. The highest BCUT2D eigenvalue weighted by Crippen LogP contribution is 2.47. The maximum atomic E-state index is 15.0. The molecule has 0 bridgehead atoms. The van der Waals surface area contributed by atoms with Crippen LogP contribution < -0.4 is 11.3 Å². The molecule has 7 heteroatoms. The van der Waals surface area contributed by atoms with Gasteiger partial charge in [-0.25, -0.2) is 13.8 Å². The smallest absolute Gasteiger partial charge is 0.253 e. The van der Waals surface area contributed by atoms with E-state index < -0.39 is 17.2 Å². The van der Waals surface area contributed by atoms with E-state index in [9.17, 15) is 9.18 Å². The van der Waals surface area contributed by atoms with Crippen LogP contribution in [0.2, 0.25) is 0 Å². The molecule has 2 N–H and O–H groups in total. The van der Waals surface area contributed by atoms with Crippen molar-refractivity contribution in [3.8, 4) is 11.1 Å².